The van der Waals surface area contributed by atoms with Crippen LogP contribution in [0.2, 0.25) is 0 Å². The molecule has 1 aromatic carbocycles. The predicted octanol–water partition coefficient (Wildman–Crippen LogP) is 2.06. The Morgan fingerprint density at radius 1 is 1.30 bits per heavy atom. The highest BCUT2D eigenvalue weighted by Crippen LogP contribution is 2.27. The third-order valence-corrected chi connectivity index (χ3v) is 5.86. The normalized spacial score (nSPS) is 24.1. The number of sulfonamides is 1. The second kappa shape index (κ2) is 5.79. The molecule has 0 radical (unpaired) electrons. The Morgan fingerprint density at radius 2 is 1.95 bits per heavy atom. The van der Waals surface area contributed by atoms with Gasteiger partial charge in [0.15, 0.2) is 0 Å². The molecule has 112 valence electrons. The first kappa shape index (κ1) is 15.4. The van der Waals surface area contributed by atoms with Crippen LogP contribution in [0.25, 0.3) is 0 Å². The van der Waals surface area contributed by atoms with Gasteiger partial charge in [0, 0.05) is 7.05 Å². The molecule has 1 saturated carbocycles. The summed E-state index contributed by atoms with van der Waals surface area (Å²) in [5, 5.41) is 9.97. The van der Waals surface area contributed by atoms with Crippen molar-refractivity contribution in [3.05, 3.63) is 29.6 Å². The molecule has 1 aliphatic carbocycles. The zero-order valence-corrected chi connectivity index (χ0v) is 12.5. The number of nitrogens with zero attached hydrogens (tertiary/aromatic N) is 1. The molecule has 0 aromatic heterocycles. The third-order valence-electron chi connectivity index (χ3n) is 3.98. The monoisotopic (exact) mass is 301 g/mol. The largest absolute Gasteiger partial charge is 0.391 e. The van der Waals surface area contributed by atoms with Gasteiger partial charge in [-0.05, 0) is 37.5 Å². The van der Waals surface area contributed by atoms with Gasteiger partial charge in [0.05, 0.1) is 17.0 Å². The molecule has 4 nitrogen and oxygen atoms in total. The summed E-state index contributed by atoms with van der Waals surface area (Å²) in [5.74, 6) is -0.538. The second-order valence-electron chi connectivity index (χ2n) is 5.35. The molecule has 1 aliphatic rings. The highest BCUT2D eigenvalue weighted by Gasteiger charge is 2.34. The van der Waals surface area contributed by atoms with Crippen molar-refractivity contribution in [1.82, 2.24) is 4.31 Å². The SMILES string of the molecule is Cc1ccc(S(=O)(=O)N(C)C2CCCCC2O)cc1F. The maximum absolute atomic E-state index is 13.6. The molecule has 0 amide bonds. The van der Waals surface area contributed by atoms with Crippen molar-refractivity contribution in [3.63, 3.8) is 0 Å². The maximum atomic E-state index is 13.6. The average molecular weight is 301 g/mol. The van der Waals surface area contributed by atoms with E-state index in [1.807, 2.05) is 0 Å². The summed E-state index contributed by atoms with van der Waals surface area (Å²) in [7, 11) is -2.33. The Labute approximate surface area is 119 Å². The lowest BCUT2D eigenvalue weighted by molar-refractivity contribution is 0.0638. The summed E-state index contributed by atoms with van der Waals surface area (Å²) < 4.78 is 39.7. The fourth-order valence-corrected chi connectivity index (χ4v) is 4.02. The molecule has 6 heteroatoms. The van der Waals surface area contributed by atoms with Crippen LogP contribution >= 0.6 is 0 Å². The van der Waals surface area contributed by atoms with Gasteiger partial charge in [-0.1, -0.05) is 18.9 Å². The number of hydrogen-bond acceptors (Lipinski definition) is 3. The molecular weight excluding hydrogens is 281 g/mol. The Morgan fingerprint density at radius 3 is 2.55 bits per heavy atom. The first-order valence-electron chi connectivity index (χ1n) is 6.76. The Hall–Kier alpha value is -0.980. The number of aliphatic hydroxyl groups excluding tert-OH is 1. The summed E-state index contributed by atoms with van der Waals surface area (Å²) in [6, 6.07) is 3.46. The molecule has 0 saturated heterocycles. The minimum Gasteiger partial charge on any atom is -0.391 e. The van der Waals surface area contributed by atoms with Crippen LogP contribution in [-0.2, 0) is 10.0 Å². The number of likely N-dealkylation sites (N-methyl/N-ethyl adjacent to an activating group) is 1. The van der Waals surface area contributed by atoms with Crippen molar-refractivity contribution in [2.75, 3.05) is 7.05 Å². The number of benzene rings is 1. The van der Waals surface area contributed by atoms with Gasteiger partial charge in [0.25, 0.3) is 0 Å². The first-order valence-corrected chi connectivity index (χ1v) is 8.20. The lowest BCUT2D eigenvalue weighted by atomic mass is 9.93. The van der Waals surface area contributed by atoms with E-state index in [1.165, 1.54) is 23.5 Å². The van der Waals surface area contributed by atoms with Crippen molar-refractivity contribution in [3.8, 4) is 0 Å². The van der Waals surface area contributed by atoms with Crippen LogP contribution in [0.1, 0.15) is 31.2 Å². The van der Waals surface area contributed by atoms with E-state index in [0.29, 0.717) is 18.4 Å². The van der Waals surface area contributed by atoms with Crippen LogP contribution in [0, 0.1) is 12.7 Å². The van der Waals surface area contributed by atoms with E-state index in [9.17, 15) is 17.9 Å². The number of aliphatic hydroxyl groups is 1. The van der Waals surface area contributed by atoms with Gasteiger partial charge < -0.3 is 5.11 Å². The van der Waals surface area contributed by atoms with Crippen molar-refractivity contribution in [2.45, 2.75) is 49.6 Å². The molecule has 2 unspecified atom stereocenters. The van der Waals surface area contributed by atoms with Gasteiger partial charge in [-0.3, -0.25) is 0 Å². The first-order chi connectivity index (χ1) is 9.34. The molecule has 0 aliphatic heterocycles. The van der Waals surface area contributed by atoms with Crippen LogP contribution < -0.4 is 0 Å². The highest BCUT2D eigenvalue weighted by molar-refractivity contribution is 7.89. The molecular formula is C14H20FNO3S. The Kier molecular flexibility index (Phi) is 4.46. The Balaban J connectivity index is 2.31. The van der Waals surface area contributed by atoms with E-state index in [0.717, 1.165) is 18.9 Å². The van der Waals surface area contributed by atoms with Crippen LogP contribution in [0.5, 0.6) is 0 Å². The summed E-state index contributed by atoms with van der Waals surface area (Å²) in [5.41, 5.74) is 0.407. The van der Waals surface area contributed by atoms with E-state index in [4.69, 9.17) is 0 Å². The fourth-order valence-electron chi connectivity index (χ4n) is 2.59. The number of rotatable bonds is 3. The molecule has 1 fully saturated rings. The second-order valence-corrected chi connectivity index (χ2v) is 7.35. The highest BCUT2D eigenvalue weighted by atomic mass is 32.2. The average Bonchev–Trinajstić information content (AvgIpc) is 2.41. The van der Waals surface area contributed by atoms with Gasteiger partial charge in [-0.15, -0.1) is 0 Å². The molecule has 2 rings (SSSR count). The quantitative estimate of drug-likeness (QED) is 0.929. The van der Waals surface area contributed by atoms with E-state index in [2.05, 4.69) is 0 Å². The lowest BCUT2D eigenvalue weighted by Crippen LogP contribution is -2.46. The molecule has 1 aromatic rings. The smallest absolute Gasteiger partial charge is 0.243 e. The summed E-state index contributed by atoms with van der Waals surface area (Å²) >= 11 is 0. The predicted molar refractivity (Wildman–Crippen MR) is 74.3 cm³/mol. The van der Waals surface area contributed by atoms with Crippen molar-refractivity contribution >= 4 is 10.0 Å². The Bertz CT molecular complexity index is 588. The zero-order chi connectivity index (χ0) is 14.9. The summed E-state index contributed by atoms with van der Waals surface area (Å²) in [6.07, 6.45) is 2.38. The van der Waals surface area contributed by atoms with Gasteiger partial charge in [-0.25, -0.2) is 12.8 Å². The fraction of sp³-hybridized carbons (Fsp3) is 0.571. The van der Waals surface area contributed by atoms with E-state index in [-0.39, 0.29) is 4.90 Å². The van der Waals surface area contributed by atoms with Crippen LogP contribution in [0.15, 0.2) is 23.1 Å². The van der Waals surface area contributed by atoms with E-state index >= 15 is 0 Å². The van der Waals surface area contributed by atoms with Gasteiger partial charge in [0.1, 0.15) is 5.82 Å². The summed E-state index contributed by atoms with van der Waals surface area (Å²) in [6.45, 7) is 1.58. The zero-order valence-electron chi connectivity index (χ0n) is 11.7. The summed E-state index contributed by atoms with van der Waals surface area (Å²) in [4.78, 5) is -0.0686. The van der Waals surface area contributed by atoms with Gasteiger partial charge in [-0.2, -0.15) is 4.31 Å². The van der Waals surface area contributed by atoms with Gasteiger partial charge in [0.2, 0.25) is 10.0 Å². The van der Waals surface area contributed by atoms with Crippen LogP contribution in [0.4, 0.5) is 4.39 Å². The van der Waals surface area contributed by atoms with Gasteiger partial charge >= 0.3 is 0 Å². The van der Waals surface area contributed by atoms with Crippen molar-refractivity contribution in [1.29, 1.82) is 0 Å². The number of aryl methyl sites for hydroxylation is 1. The molecule has 0 spiro atoms. The van der Waals surface area contributed by atoms with Crippen LogP contribution in [-0.4, -0.2) is 37.0 Å². The minimum atomic E-state index is -3.78. The van der Waals surface area contributed by atoms with Crippen molar-refractivity contribution in [2.24, 2.45) is 0 Å². The number of hydrogen-bond donors (Lipinski definition) is 1. The topological polar surface area (TPSA) is 57.6 Å². The van der Waals surface area contributed by atoms with E-state index < -0.39 is 28.0 Å². The standard InChI is InChI=1S/C14H20FNO3S/c1-10-7-8-11(9-12(10)15)20(18,19)16(2)13-5-3-4-6-14(13)17/h7-9,13-14,17H,3-6H2,1-2H3. The third kappa shape index (κ3) is 2.87. The van der Waals surface area contributed by atoms with Crippen molar-refractivity contribution < 1.29 is 17.9 Å². The molecule has 0 bridgehead atoms. The molecule has 1 N–H and O–H groups in total. The minimum absolute atomic E-state index is 0.0686. The molecule has 0 heterocycles. The molecule has 20 heavy (non-hydrogen) atoms. The van der Waals surface area contributed by atoms with E-state index in [1.54, 1.807) is 6.92 Å². The number of halogens is 1. The lowest BCUT2D eigenvalue weighted by Gasteiger charge is -2.34. The molecule has 2 atom stereocenters. The maximum Gasteiger partial charge on any atom is 0.243 e. The van der Waals surface area contributed by atoms with Crippen LogP contribution in [0.3, 0.4) is 0 Å².